The minimum Gasteiger partial charge on any atom is -0.497 e. The molecule has 1 aliphatic rings. The van der Waals surface area contributed by atoms with Crippen molar-refractivity contribution in [3.63, 3.8) is 0 Å². The number of allylic oxidation sites excluding steroid dienone is 1. The molecule has 4 nitrogen and oxygen atoms in total. The molecule has 6 heteroatoms. The molecule has 338 valence electrons. The minimum atomic E-state index is -0.158. The van der Waals surface area contributed by atoms with Gasteiger partial charge in [0.25, 0.3) is 0 Å². The molecule has 0 saturated carbocycles. The normalized spacial score (nSPS) is 13.6. The van der Waals surface area contributed by atoms with Crippen LogP contribution in [0.2, 0.25) is 0 Å². The summed E-state index contributed by atoms with van der Waals surface area (Å²) in [7, 11) is 0. The Morgan fingerprint density at radius 3 is 1.83 bits per heavy atom. The van der Waals surface area contributed by atoms with Gasteiger partial charge in [-0.1, -0.05) is 173 Å². The molecule has 9 rings (SSSR count). The van der Waals surface area contributed by atoms with Crippen LogP contribution in [-0.2, 0) is 37.3 Å². The average Bonchev–Trinajstić information content (AvgIpc) is 3.87. The fraction of sp³-hybridized carbons (Fsp3) is 0.267. The molecule has 2 aromatic heterocycles. The maximum atomic E-state index is 5.04. The molecule has 0 atom stereocenters. The van der Waals surface area contributed by atoms with Gasteiger partial charge in [-0.2, -0.15) is 53.4 Å². The molecule has 3 heterocycles. The van der Waals surface area contributed by atoms with Crippen molar-refractivity contribution >= 4 is 56.3 Å². The van der Waals surface area contributed by atoms with Gasteiger partial charge in [-0.25, -0.2) is 4.98 Å². The second-order valence-electron chi connectivity index (χ2n) is 22.0. The zero-order valence-electron chi connectivity index (χ0n) is 40.7. The maximum absolute atomic E-state index is 5.04. The molecule has 8 aromatic rings. The van der Waals surface area contributed by atoms with Gasteiger partial charge in [0.2, 0.25) is 0 Å². The summed E-state index contributed by atoms with van der Waals surface area (Å²) in [5.74, 6) is 0.904. The number of aromatic nitrogens is 2. The Morgan fingerprint density at radius 1 is 0.530 bits per heavy atom. The summed E-state index contributed by atoms with van der Waals surface area (Å²) in [5, 5.41) is 2.36. The van der Waals surface area contributed by atoms with Gasteiger partial charge < -0.3 is 14.4 Å². The van der Waals surface area contributed by atoms with E-state index in [1.54, 1.807) is 0 Å². The van der Waals surface area contributed by atoms with E-state index >= 15 is 0 Å². The number of benzene rings is 6. The molecule has 0 aliphatic carbocycles. The van der Waals surface area contributed by atoms with Crippen LogP contribution in [-0.4, -0.2) is 16.3 Å². The van der Waals surface area contributed by atoms with Gasteiger partial charge in [0.1, 0.15) is 5.82 Å². The molecule has 0 unspecified atom stereocenters. The number of anilines is 2. The van der Waals surface area contributed by atoms with E-state index in [0.29, 0.717) is 0 Å². The summed E-state index contributed by atoms with van der Waals surface area (Å²) in [6.45, 7) is 29.5. The summed E-state index contributed by atoms with van der Waals surface area (Å²) in [6.07, 6.45) is 4.26. The van der Waals surface area contributed by atoms with Crippen LogP contribution in [0.4, 0.5) is 11.4 Å². The summed E-state index contributed by atoms with van der Waals surface area (Å²) >= 11 is 0. The van der Waals surface area contributed by atoms with Crippen LogP contribution in [0.1, 0.15) is 99.8 Å². The molecule has 0 amide bonds. The summed E-state index contributed by atoms with van der Waals surface area (Å²) in [6, 6.07) is 59.1. The van der Waals surface area contributed by atoms with E-state index in [9.17, 15) is 0 Å². The molecule has 66 heavy (non-hydrogen) atoms. The third-order valence-corrected chi connectivity index (χ3v) is 12.9. The average molecular weight is 1050 g/mol. The SMILES string of the molecule is CC(C)(C)C1=CN(c2cc(-c3ccccc3)cc(C(C)(C)C)c2)[CH-]N1c1[c-]c(B(c2[c-]c3c(cc2)c2ccc(C(C)(C)C)cc2n3-c2cc(C(C)(C)C)ccn2)c2ccccc2)ccc1.[Pt]. The largest absolute Gasteiger partial charge is 0.497 e. The standard InChI is InChI=1S/C60H62BN4.Pt/c1-57(2,3)43-26-28-51-52-29-27-48(38-54(52)65(53(51)35-43)56-36-44(30-31-62-56)58(4,5)6)61(46-22-17-14-18-23-46)47-24-19-25-49(37-47)64-40-63(39-55(64)60(10,11)12)50-33-42(41-20-15-13-16-21-41)32-45(34-50)59(7,8)9;/h13-36,39-40H,1-12H3;/q-3;. The van der Waals surface area contributed by atoms with Crippen molar-refractivity contribution < 1.29 is 21.1 Å². The second-order valence-corrected chi connectivity index (χ2v) is 22.0. The van der Waals surface area contributed by atoms with Crippen molar-refractivity contribution in [3.8, 4) is 16.9 Å². The number of rotatable bonds is 7. The molecule has 1 aliphatic heterocycles. The van der Waals surface area contributed by atoms with Gasteiger partial charge in [0.15, 0.2) is 6.71 Å². The quantitative estimate of drug-likeness (QED) is 0.117. The van der Waals surface area contributed by atoms with Crippen LogP contribution in [0.3, 0.4) is 0 Å². The second kappa shape index (κ2) is 17.5. The first kappa shape index (κ1) is 46.9. The van der Waals surface area contributed by atoms with E-state index < -0.39 is 0 Å². The fourth-order valence-electron chi connectivity index (χ4n) is 9.08. The van der Waals surface area contributed by atoms with Gasteiger partial charge in [-0.05, 0) is 86.0 Å². The Kier molecular flexibility index (Phi) is 12.5. The van der Waals surface area contributed by atoms with E-state index in [0.717, 1.165) is 44.5 Å². The Bertz CT molecular complexity index is 3070. The summed E-state index contributed by atoms with van der Waals surface area (Å²) in [5.41, 5.74) is 14.9. The van der Waals surface area contributed by atoms with Gasteiger partial charge >= 0.3 is 0 Å². The van der Waals surface area contributed by atoms with Gasteiger partial charge in [-0.15, -0.1) is 17.7 Å². The fourth-order valence-corrected chi connectivity index (χ4v) is 9.08. The minimum absolute atomic E-state index is 0. The predicted molar refractivity (Wildman–Crippen MR) is 279 cm³/mol. The molecule has 6 aromatic carbocycles. The first-order valence-corrected chi connectivity index (χ1v) is 23.1. The van der Waals surface area contributed by atoms with Crippen LogP contribution >= 0.6 is 0 Å². The number of fused-ring (bicyclic) bond motifs is 3. The smallest absolute Gasteiger partial charge is 0.191 e. The molecule has 0 saturated heterocycles. The Hall–Kier alpha value is -5.64. The number of hydrogen-bond donors (Lipinski definition) is 0. The molecular formula is C60H62BN4Pt-3. The first-order chi connectivity index (χ1) is 30.7. The van der Waals surface area contributed by atoms with Crippen molar-refractivity contribution in [2.45, 2.75) is 99.3 Å². The number of nitrogens with zero attached hydrogens (tertiary/aromatic N) is 4. The van der Waals surface area contributed by atoms with Crippen LogP contribution in [0, 0.1) is 24.2 Å². The van der Waals surface area contributed by atoms with Crippen molar-refractivity contribution in [1.29, 1.82) is 0 Å². The third kappa shape index (κ3) is 9.21. The molecule has 0 bridgehead atoms. The Morgan fingerprint density at radius 2 is 1.17 bits per heavy atom. The van der Waals surface area contributed by atoms with Gasteiger partial charge in [0.05, 0.1) is 0 Å². The Balaban J connectivity index is 0.00000592. The van der Waals surface area contributed by atoms with Crippen molar-refractivity contribution in [2.24, 2.45) is 5.41 Å². The van der Waals surface area contributed by atoms with Gasteiger partial charge in [-0.3, -0.25) is 0 Å². The van der Waals surface area contributed by atoms with Crippen LogP contribution in [0.15, 0.2) is 158 Å². The van der Waals surface area contributed by atoms with E-state index in [1.807, 2.05) is 6.20 Å². The molecular weight excluding hydrogens is 983 g/mol. The molecule has 0 fully saturated rings. The number of pyridine rings is 1. The van der Waals surface area contributed by atoms with Crippen molar-refractivity contribution in [3.05, 3.63) is 193 Å². The van der Waals surface area contributed by atoms with E-state index in [-0.39, 0.29) is 49.4 Å². The summed E-state index contributed by atoms with van der Waals surface area (Å²) < 4.78 is 2.34. The number of hydrogen-bond acceptors (Lipinski definition) is 3. The van der Waals surface area contributed by atoms with E-state index in [2.05, 4.69) is 262 Å². The van der Waals surface area contributed by atoms with E-state index in [4.69, 9.17) is 4.98 Å². The Labute approximate surface area is 409 Å². The third-order valence-electron chi connectivity index (χ3n) is 12.9. The van der Waals surface area contributed by atoms with Gasteiger partial charge in [0, 0.05) is 49.6 Å². The zero-order chi connectivity index (χ0) is 46.1. The molecule has 0 radical (unpaired) electrons. The summed E-state index contributed by atoms with van der Waals surface area (Å²) in [4.78, 5) is 9.68. The maximum Gasteiger partial charge on any atom is 0.191 e. The monoisotopic (exact) mass is 1040 g/mol. The van der Waals surface area contributed by atoms with Crippen LogP contribution in [0.25, 0.3) is 38.8 Å². The molecule has 0 spiro atoms. The zero-order valence-corrected chi connectivity index (χ0v) is 43.0. The van der Waals surface area contributed by atoms with E-state index in [1.165, 1.54) is 44.4 Å². The van der Waals surface area contributed by atoms with Crippen molar-refractivity contribution in [1.82, 2.24) is 9.55 Å². The predicted octanol–water partition coefficient (Wildman–Crippen LogP) is 13.2. The topological polar surface area (TPSA) is 24.3 Å². The molecule has 0 N–H and O–H groups in total. The first-order valence-electron chi connectivity index (χ1n) is 23.1. The van der Waals surface area contributed by atoms with Crippen LogP contribution in [0.5, 0.6) is 0 Å². The van der Waals surface area contributed by atoms with Crippen LogP contribution < -0.4 is 26.2 Å². The van der Waals surface area contributed by atoms with Crippen molar-refractivity contribution in [2.75, 3.05) is 9.80 Å².